The van der Waals surface area contributed by atoms with Crippen molar-refractivity contribution >= 4 is 17.4 Å². The van der Waals surface area contributed by atoms with Crippen LogP contribution in [-0.2, 0) is 9.53 Å². The minimum absolute atomic E-state index is 0.0315. The predicted octanol–water partition coefficient (Wildman–Crippen LogP) is 2.17. The van der Waals surface area contributed by atoms with Crippen LogP contribution in [0.15, 0.2) is 54.6 Å². The van der Waals surface area contributed by atoms with Gasteiger partial charge in [-0.15, -0.1) is 0 Å². The predicted molar refractivity (Wildman–Crippen MR) is 97.5 cm³/mol. The quantitative estimate of drug-likeness (QED) is 0.723. The summed E-state index contributed by atoms with van der Waals surface area (Å²) in [4.78, 5) is 24.4. The number of carbonyl (C=O) groups is 2. The van der Waals surface area contributed by atoms with E-state index < -0.39 is 6.04 Å². The number of nitrogens with one attached hydrogen (secondary N) is 1. The molecule has 2 atom stereocenters. The van der Waals surface area contributed by atoms with E-state index in [0.717, 1.165) is 5.56 Å². The molecule has 2 aromatic rings. The van der Waals surface area contributed by atoms with Crippen LogP contribution in [0.4, 0.5) is 5.69 Å². The van der Waals surface area contributed by atoms with Gasteiger partial charge in [-0.25, -0.2) is 0 Å². The van der Waals surface area contributed by atoms with Crippen molar-refractivity contribution < 1.29 is 19.6 Å². The highest BCUT2D eigenvalue weighted by Crippen LogP contribution is 2.15. The molecule has 3 N–H and O–H groups in total. The normalized spacial score (nSPS) is 13.1. The van der Waals surface area contributed by atoms with Crippen molar-refractivity contribution in [2.24, 2.45) is 0 Å². The molecular weight excluding hydrogens is 316 g/mol. The second-order valence-corrected chi connectivity index (χ2v) is 6.14. The lowest BCUT2D eigenvalue weighted by molar-refractivity contribution is -0.713. The smallest absolute Gasteiger partial charge is 0.287 e. The van der Waals surface area contributed by atoms with Crippen molar-refractivity contribution in [3.05, 3.63) is 65.7 Å². The number of ether oxygens (including phenoxy) is 1. The maximum absolute atomic E-state index is 12.9. The minimum atomic E-state index is -0.396. The Hall–Kier alpha value is -2.50. The highest BCUT2D eigenvalue weighted by Gasteiger charge is 2.26. The van der Waals surface area contributed by atoms with Crippen molar-refractivity contribution in [2.45, 2.75) is 25.9 Å². The number of ketones is 1. The van der Waals surface area contributed by atoms with Crippen LogP contribution >= 0.6 is 0 Å². The molecular formula is C20H25N2O3+. The summed E-state index contributed by atoms with van der Waals surface area (Å²) in [7, 11) is 1.65. The van der Waals surface area contributed by atoms with Crippen LogP contribution in [0.25, 0.3) is 0 Å². The molecule has 0 unspecified atom stereocenters. The second-order valence-electron chi connectivity index (χ2n) is 6.14. The number of hydrogen-bond donors (Lipinski definition) is 2. The molecule has 0 fully saturated rings. The van der Waals surface area contributed by atoms with E-state index in [1.54, 1.807) is 31.4 Å². The maximum Gasteiger partial charge on any atom is 0.287 e. The second kappa shape index (κ2) is 9.11. The third-order valence-electron chi connectivity index (χ3n) is 3.93. The Morgan fingerprint density at radius 3 is 2.48 bits per heavy atom. The average Bonchev–Trinajstić information content (AvgIpc) is 2.61. The molecule has 1 amide bonds. The molecule has 0 bridgehead atoms. The molecule has 0 aromatic heterocycles. The zero-order valence-electron chi connectivity index (χ0n) is 14.9. The van der Waals surface area contributed by atoms with Gasteiger partial charge in [0.2, 0.25) is 0 Å². The van der Waals surface area contributed by atoms with Gasteiger partial charge in [0, 0.05) is 23.9 Å². The maximum atomic E-state index is 12.9. The molecule has 0 saturated carbocycles. The van der Waals surface area contributed by atoms with Gasteiger partial charge in [0.15, 0.2) is 11.8 Å². The van der Waals surface area contributed by atoms with Crippen molar-refractivity contribution in [1.82, 2.24) is 0 Å². The largest absolute Gasteiger partial charge is 0.379 e. The fourth-order valence-electron chi connectivity index (χ4n) is 2.69. The van der Waals surface area contributed by atoms with E-state index >= 15 is 0 Å². The fraction of sp³-hybridized carbons (Fsp3) is 0.300. The zero-order chi connectivity index (χ0) is 18.2. The van der Waals surface area contributed by atoms with Gasteiger partial charge in [-0.05, 0) is 26.0 Å². The van der Waals surface area contributed by atoms with Crippen LogP contribution in [0.5, 0.6) is 0 Å². The number of methoxy groups -OCH3 is 1. The van der Waals surface area contributed by atoms with Gasteiger partial charge < -0.3 is 15.4 Å². The number of hydrogen-bond acceptors (Lipinski definition) is 3. The summed E-state index contributed by atoms with van der Waals surface area (Å²) in [5.74, 6) is -0.161. The molecule has 0 aliphatic heterocycles. The molecule has 25 heavy (non-hydrogen) atoms. The zero-order valence-corrected chi connectivity index (χ0v) is 14.9. The molecule has 0 heterocycles. The van der Waals surface area contributed by atoms with E-state index in [2.05, 4.69) is 5.32 Å². The molecule has 0 aliphatic carbocycles. The molecule has 0 saturated heterocycles. The third-order valence-corrected chi connectivity index (χ3v) is 3.93. The van der Waals surface area contributed by atoms with Gasteiger partial charge in [0.05, 0.1) is 6.61 Å². The topological polar surface area (TPSA) is 72.0 Å². The molecule has 0 radical (unpaired) electrons. The Morgan fingerprint density at radius 2 is 1.84 bits per heavy atom. The molecule has 2 rings (SSSR count). The SMILES string of the molecule is COC[C@@H](C)[NH2+][C@@H](C(=O)Nc1cccc(C(C)=O)c1)c1ccccc1. The summed E-state index contributed by atoms with van der Waals surface area (Å²) in [6.07, 6.45) is 0. The number of amides is 1. The Morgan fingerprint density at radius 1 is 1.12 bits per heavy atom. The van der Waals surface area contributed by atoms with E-state index in [4.69, 9.17) is 4.74 Å². The fourth-order valence-corrected chi connectivity index (χ4v) is 2.69. The number of carbonyl (C=O) groups excluding carboxylic acids is 2. The summed E-state index contributed by atoms with van der Waals surface area (Å²) < 4.78 is 5.18. The number of benzene rings is 2. The van der Waals surface area contributed by atoms with Crippen LogP contribution in [0.3, 0.4) is 0 Å². The van der Waals surface area contributed by atoms with Crippen molar-refractivity contribution in [3.63, 3.8) is 0 Å². The first kappa shape index (κ1) is 18.8. The number of anilines is 1. The van der Waals surface area contributed by atoms with Gasteiger partial charge in [-0.2, -0.15) is 0 Å². The van der Waals surface area contributed by atoms with Crippen LogP contribution in [0.2, 0.25) is 0 Å². The third kappa shape index (κ3) is 5.52. The van der Waals surface area contributed by atoms with E-state index in [-0.39, 0.29) is 17.7 Å². The van der Waals surface area contributed by atoms with E-state index in [1.807, 2.05) is 42.6 Å². The average molecular weight is 341 g/mol. The Bertz CT molecular complexity index is 716. The first-order valence-corrected chi connectivity index (χ1v) is 8.32. The Balaban J connectivity index is 2.20. The van der Waals surface area contributed by atoms with Crippen LogP contribution in [0, 0.1) is 0 Å². The lowest BCUT2D eigenvalue weighted by atomic mass is 10.0. The molecule has 5 heteroatoms. The van der Waals surface area contributed by atoms with Gasteiger partial charge in [-0.1, -0.05) is 42.5 Å². The molecule has 0 aliphatic rings. The molecule has 5 nitrogen and oxygen atoms in total. The number of Topliss-reactive ketones (excluding diaryl/α,β-unsaturated/α-hetero) is 1. The number of quaternary nitrogens is 1. The standard InChI is InChI=1S/C20H24N2O3/c1-14(13-25-3)21-19(16-8-5-4-6-9-16)20(24)22-18-11-7-10-17(12-18)15(2)23/h4-12,14,19,21H,13H2,1-3H3,(H,22,24)/p+1/t14-,19-/m1/s1. The highest BCUT2D eigenvalue weighted by molar-refractivity contribution is 5.98. The Kier molecular flexibility index (Phi) is 6.86. The van der Waals surface area contributed by atoms with Crippen molar-refractivity contribution in [1.29, 1.82) is 0 Å². The minimum Gasteiger partial charge on any atom is -0.379 e. The monoisotopic (exact) mass is 341 g/mol. The van der Waals surface area contributed by atoms with Crippen LogP contribution in [-0.4, -0.2) is 31.4 Å². The lowest BCUT2D eigenvalue weighted by Crippen LogP contribution is -2.92. The summed E-state index contributed by atoms with van der Waals surface area (Å²) >= 11 is 0. The van der Waals surface area contributed by atoms with Crippen molar-refractivity contribution in [2.75, 3.05) is 19.0 Å². The first-order chi connectivity index (χ1) is 12.0. The molecule has 2 aromatic carbocycles. The van der Waals surface area contributed by atoms with Crippen LogP contribution in [0.1, 0.15) is 35.8 Å². The first-order valence-electron chi connectivity index (χ1n) is 8.32. The molecule has 0 spiro atoms. The summed E-state index contributed by atoms with van der Waals surface area (Å²) in [6, 6.07) is 16.3. The van der Waals surface area contributed by atoms with Crippen molar-refractivity contribution in [3.8, 4) is 0 Å². The molecule has 132 valence electrons. The number of rotatable bonds is 8. The van der Waals surface area contributed by atoms with E-state index in [9.17, 15) is 9.59 Å². The summed E-state index contributed by atoms with van der Waals surface area (Å²) in [5.41, 5.74) is 2.11. The van der Waals surface area contributed by atoms with Gasteiger partial charge >= 0.3 is 0 Å². The summed E-state index contributed by atoms with van der Waals surface area (Å²) in [5, 5.41) is 4.91. The highest BCUT2D eigenvalue weighted by atomic mass is 16.5. The van der Waals surface area contributed by atoms with Crippen LogP contribution < -0.4 is 10.6 Å². The summed E-state index contributed by atoms with van der Waals surface area (Å²) in [6.45, 7) is 4.08. The number of nitrogens with two attached hydrogens (primary N) is 1. The Labute approximate surface area is 148 Å². The lowest BCUT2D eigenvalue weighted by Gasteiger charge is -2.20. The van der Waals surface area contributed by atoms with Gasteiger partial charge in [0.25, 0.3) is 5.91 Å². The van der Waals surface area contributed by atoms with E-state index in [0.29, 0.717) is 17.9 Å². The van der Waals surface area contributed by atoms with E-state index in [1.165, 1.54) is 6.92 Å². The van der Waals surface area contributed by atoms with Gasteiger partial charge in [0.1, 0.15) is 6.04 Å². The van der Waals surface area contributed by atoms with Gasteiger partial charge in [-0.3, -0.25) is 9.59 Å².